The predicted octanol–water partition coefficient (Wildman–Crippen LogP) is 1.80. The van der Waals surface area contributed by atoms with Gasteiger partial charge in [-0.2, -0.15) is 0 Å². The maximum Gasteiger partial charge on any atom is 0.305 e. The standard InChI is InChI=1S/C14H19N3O3S/c1-9-7-8-20-11(9)13(19)16-17-14(21)15-12(18)10-5-3-2-4-6-10/h7-8,10H,2-6H2,1H3,(H,16,19)(H2,15,17,18,21). The average molecular weight is 309 g/mol. The summed E-state index contributed by atoms with van der Waals surface area (Å²) in [6.45, 7) is 1.77. The van der Waals surface area contributed by atoms with Crippen LogP contribution in [-0.4, -0.2) is 16.9 Å². The summed E-state index contributed by atoms with van der Waals surface area (Å²) in [4.78, 5) is 23.7. The minimum Gasteiger partial charge on any atom is -0.459 e. The van der Waals surface area contributed by atoms with Crippen LogP contribution in [0.2, 0.25) is 0 Å². The van der Waals surface area contributed by atoms with Crippen LogP contribution in [0.5, 0.6) is 0 Å². The SMILES string of the molecule is Cc1ccoc1C(=O)NNC(=S)NC(=O)C1CCCCC1. The molecule has 6 nitrogen and oxygen atoms in total. The number of rotatable bonds is 2. The number of thiocarbonyl (C=S) groups is 1. The van der Waals surface area contributed by atoms with Crippen LogP contribution in [0.1, 0.15) is 48.2 Å². The van der Waals surface area contributed by atoms with Crippen molar-refractivity contribution in [2.45, 2.75) is 39.0 Å². The van der Waals surface area contributed by atoms with Crippen molar-refractivity contribution in [3.8, 4) is 0 Å². The molecule has 2 amide bonds. The summed E-state index contributed by atoms with van der Waals surface area (Å²) >= 11 is 4.99. The van der Waals surface area contributed by atoms with E-state index < -0.39 is 5.91 Å². The van der Waals surface area contributed by atoms with Crippen molar-refractivity contribution in [2.75, 3.05) is 0 Å². The fourth-order valence-electron chi connectivity index (χ4n) is 2.39. The molecule has 0 unspecified atom stereocenters. The zero-order valence-electron chi connectivity index (χ0n) is 11.9. The Morgan fingerprint density at radius 3 is 2.57 bits per heavy atom. The Labute approximate surface area is 128 Å². The molecule has 1 fully saturated rings. The van der Waals surface area contributed by atoms with Gasteiger partial charge in [-0.15, -0.1) is 0 Å². The van der Waals surface area contributed by atoms with Gasteiger partial charge >= 0.3 is 5.91 Å². The first-order chi connectivity index (χ1) is 10.1. The van der Waals surface area contributed by atoms with Gasteiger partial charge in [0, 0.05) is 11.5 Å². The van der Waals surface area contributed by atoms with Gasteiger partial charge in [0.15, 0.2) is 10.9 Å². The first kappa shape index (κ1) is 15.5. The van der Waals surface area contributed by atoms with E-state index >= 15 is 0 Å². The molecule has 7 heteroatoms. The van der Waals surface area contributed by atoms with Gasteiger partial charge in [-0.1, -0.05) is 19.3 Å². The molecule has 0 aliphatic heterocycles. The summed E-state index contributed by atoms with van der Waals surface area (Å²) in [7, 11) is 0. The zero-order chi connectivity index (χ0) is 15.2. The highest BCUT2D eigenvalue weighted by molar-refractivity contribution is 7.80. The third-order valence-corrected chi connectivity index (χ3v) is 3.77. The van der Waals surface area contributed by atoms with Crippen LogP contribution >= 0.6 is 12.2 Å². The maximum atomic E-state index is 12.0. The monoisotopic (exact) mass is 309 g/mol. The van der Waals surface area contributed by atoms with Crippen molar-refractivity contribution in [3.05, 3.63) is 23.7 Å². The number of carbonyl (C=O) groups excluding carboxylic acids is 2. The third kappa shape index (κ3) is 4.29. The molecule has 1 aliphatic carbocycles. The molecule has 1 saturated carbocycles. The number of nitrogens with one attached hydrogen (secondary N) is 3. The molecule has 1 aromatic rings. The van der Waals surface area contributed by atoms with Crippen LogP contribution < -0.4 is 16.2 Å². The number of carbonyl (C=O) groups is 2. The molecule has 1 aliphatic rings. The molecule has 1 aromatic heterocycles. The Hall–Kier alpha value is -1.89. The van der Waals surface area contributed by atoms with Crippen LogP contribution in [0.3, 0.4) is 0 Å². The summed E-state index contributed by atoms with van der Waals surface area (Å²) in [5, 5.41) is 2.69. The summed E-state index contributed by atoms with van der Waals surface area (Å²) in [5.41, 5.74) is 5.63. The summed E-state index contributed by atoms with van der Waals surface area (Å²) in [6, 6.07) is 1.69. The lowest BCUT2D eigenvalue weighted by Crippen LogP contribution is -2.49. The third-order valence-electron chi connectivity index (χ3n) is 3.57. The van der Waals surface area contributed by atoms with Crippen LogP contribution in [0, 0.1) is 12.8 Å². The summed E-state index contributed by atoms with van der Waals surface area (Å²) in [5.74, 6) is -0.298. The van der Waals surface area contributed by atoms with E-state index in [0.29, 0.717) is 0 Å². The van der Waals surface area contributed by atoms with Crippen LogP contribution in [0.4, 0.5) is 0 Å². The van der Waals surface area contributed by atoms with Gasteiger partial charge in [0.05, 0.1) is 6.26 Å². The van der Waals surface area contributed by atoms with Gasteiger partial charge in [0.25, 0.3) is 0 Å². The zero-order valence-corrected chi connectivity index (χ0v) is 12.7. The molecular formula is C14H19N3O3S. The highest BCUT2D eigenvalue weighted by Crippen LogP contribution is 2.23. The minimum absolute atomic E-state index is 0.0153. The summed E-state index contributed by atoms with van der Waals surface area (Å²) < 4.78 is 5.05. The molecule has 0 spiro atoms. The fourth-order valence-corrected chi connectivity index (χ4v) is 2.54. The van der Waals surface area contributed by atoms with E-state index in [4.69, 9.17) is 16.6 Å². The number of aryl methyl sites for hydroxylation is 1. The summed E-state index contributed by atoms with van der Waals surface area (Å²) in [6.07, 6.45) is 6.57. The fraction of sp³-hybridized carbons (Fsp3) is 0.500. The van der Waals surface area contributed by atoms with E-state index in [-0.39, 0.29) is 22.7 Å². The largest absolute Gasteiger partial charge is 0.459 e. The maximum absolute atomic E-state index is 12.0. The number of hydrazine groups is 1. The second-order valence-corrected chi connectivity index (χ2v) is 5.57. The quantitative estimate of drug-likeness (QED) is 0.573. The van der Waals surface area contributed by atoms with Crippen molar-refractivity contribution < 1.29 is 14.0 Å². The van der Waals surface area contributed by atoms with Crippen molar-refractivity contribution in [2.24, 2.45) is 5.92 Å². The molecule has 114 valence electrons. The smallest absolute Gasteiger partial charge is 0.305 e. The van der Waals surface area contributed by atoms with Crippen LogP contribution in [0.15, 0.2) is 16.7 Å². The Balaban J connectivity index is 1.75. The van der Waals surface area contributed by atoms with E-state index in [1.54, 1.807) is 13.0 Å². The van der Waals surface area contributed by atoms with Crippen LogP contribution in [-0.2, 0) is 4.79 Å². The first-order valence-corrected chi connectivity index (χ1v) is 7.44. The normalized spacial score (nSPS) is 15.3. The number of amides is 2. The average Bonchev–Trinajstić information content (AvgIpc) is 2.92. The Kier molecular flexibility index (Phi) is 5.32. The van der Waals surface area contributed by atoms with Crippen molar-refractivity contribution in [3.63, 3.8) is 0 Å². The molecule has 0 radical (unpaired) electrons. The minimum atomic E-state index is -0.438. The second kappa shape index (κ2) is 7.21. The molecule has 0 atom stereocenters. The van der Waals surface area contributed by atoms with E-state index in [1.165, 1.54) is 12.7 Å². The highest BCUT2D eigenvalue weighted by atomic mass is 32.1. The van der Waals surface area contributed by atoms with E-state index in [2.05, 4.69) is 16.2 Å². The van der Waals surface area contributed by atoms with Crippen molar-refractivity contribution >= 4 is 29.1 Å². The predicted molar refractivity (Wildman–Crippen MR) is 81.4 cm³/mol. The molecule has 1 heterocycles. The van der Waals surface area contributed by atoms with Gasteiger partial charge in [-0.05, 0) is 38.0 Å². The molecule has 0 aromatic carbocycles. The van der Waals surface area contributed by atoms with Gasteiger partial charge in [-0.25, -0.2) is 0 Å². The first-order valence-electron chi connectivity index (χ1n) is 7.03. The lowest BCUT2D eigenvalue weighted by molar-refractivity contribution is -0.124. The highest BCUT2D eigenvalue weighted by Gasteiger charge is 2.22. The molecule has 2 rings (SSSR count). The van der Waals surface area contributed by atoms with Crippen molar-refractivity contribution in [1.82, 2.24) is 16.2 Å². The molecular weight excluding hydrogens is 290 g/mol. The van der Waals surface area contributed by atoms with Gasteiger partial charge in [-0.3, -0.25) is 20.4 Å². The lowest BCUT2D eigenvalue weighted by Gasteiger charge is -2.21. The van der Waals surface area contributed by atoms with Crippen LogP contribution in [0.25, 0.3) is 0 Å². The lowest BCUT2D eigenvalue weighted by atomic mass is 9.89. The Bertz CT molecular complexity index is 535. The molecule has 0 saturated heterocycles. The number of hydrogen-bond acceptors (Lipinski definition) is 4. The molecule has 0 bridgehead atoms. The Morgan fingerprint density at radius 2 is 1.95 bits per heavy atom. The van der Waals surface area contributed by atoms with Gasteiger partial charge in [0.1, 0.15) is 0 Å². The number of furan rings is 1. The van der Waals surface area contributed by atoms with Gasteiger partial charge < -0.3 is 9.73 Å². The molecule has 3 N–H and O–H groups in total. The molecule has 21 heavy (non-hydrogen) atoms. The van der Waals surface area contributed by atoms with Crippen molar-refractivity contribution in [1.29, 1.82) is 0 Å². The number of hydrogen-bond donors (Lipinski definition) is 3. The topological polar surface area (TPSA) is 83.4 Å². The van der Waals surface area contributed by atoms with E-state index in [0.717, 1.165) is 31.2 Å². The second-order valence-electron chi connectivity index (χ2n) is 5.17. The van der Waals surface area contributed by atoms with Gasteiger partial charge in [0.2, 0.25) is 5.91 Å². The van der Waals surface area contributed by atoms with E-state index in [1.807, 2.05) is 0 Å². The van der Waals surface area contributed by atoms with E-state index in [9.17, 15) is 9.59 Å². The Morgan fingerprint density at radius 1 is 1.24 bits per heavy atom.